The van der Waals surface area contributed by atoms with Crippen LogP contribution in [0.15, 0.2) is 42.5 Å². The normalized spacial score (nSPS) is 12.2. The van der Waals surface area contributed by atoms with Gasteiger partial charge in [0.25, 0.3) is 0 Å². The van der Waals surface area contributed by atoms with Gasteiger partial charge in [0.05, 0.1) is 23.8 Å². The fourth-order valence-corrected chi connectivity index (χ4v) is 2.87. The lowest BCUT2D eigenvalue weighted by Gasteiger charge is -2.23. The van der Waals surface area contributed by atoms with Crippen molar-refractivity contribution in [3.63, 3.8) is 0 Å². The van der Waals surface area contributed by atoms with Crippen LogP contribution in [-0.4, -0.2) is 31.6 Å². The van der Waals surface area contributed by atoms with Crippen molar-refractivity contribution in [2.75, 3.05) is 13.7 Å². The second kappa shape index (κ2) is 6.36. The lowest BCUT2D eigenvalue weighted by Crippen LogP contribution is -2.23. The number of fused-ring (bicyclic) bond motifs is 2. The molecule has 0 fully saturated rings. The Morgan fingerprint density at radius 3 is 2.24 bits per heavy atom. The maximum absolute atomic E-state index is 13.0. The summed E-state index contributed by atoms with van der Waals surface area (Å²) in [5, 5.41) is 0. The summed E-state index contributed by atoms with van der Waals surface area (Å²) in [5.41, 5.74) is 1.67. The summed E-state index contributed by atoms with van der Waals surface area (Å²) in [7, 11) is 1.36. The lowest BCUT2D eigenvalue weighted by atomic mass is 9.82. The summed E-state index contributed by atoms with van der Waals surface area (Å²) in [6.07, 6.45) is 0.574. The number of aldehydes is 1. The van der Waals surface area contributed by atoms with Crippen molar-refractivity contribution in [1.29, 1.82) is 0 Å². The van der Waals surface area contributed by atoms with Crippen LogP contribution in [0.25, 0.3) is 0 Å². The first-order chi connectivity index (χ1) is 12.0. The molecule has 2 aromatic carbocycles. The van der Waals surface area contributed by atoms with Crippen LogP contribution in [0, 0.1) is 0 Å². The molecule has 0 amide bonds. The predicted octanol–water partition coefficient (Wildman–Crippen LogP) is 3.24. The standard InChI is InChI=1S/C20H16O5/c1-11(2)10-25-15-8-12(9-21)20(24-3)17-16(15)18(22)13-6-4-5-7-14(13)19(17)23/h4-9H,1,10H2,2-3H3. The van der Waals surface area contributed by atoms with Gasteiger partial charge in [-0.05, 0) is 18.6 Å². The van der Waals surface area contributed by atoms with Gasteiger partial charge in [0.2, 0.25) is 0 Å². The van der Waals surface area contributed by atoms with Crippen molar-refractivity contribution >= 4 is 17.9 Å². The maximum Gasteiger partial charge on any atom is 0.198 e. The Labute approximate surface area is 144 Å². The minimum absolute atomic E-state index is 0.0625. The zero-order valence-electron chi connectivity index (χ0n) is 13.9. The zero-order valence-corrected chi connectivity index (χ0v) is 13.9. The average Bonchev–Trinajstić information content (AvgIpc) is 2.62. The molecular weight excluding hydrogens is 320 g/mol. The van der Waals surface area contributed by atoms with Gasteiger partial charge in [-0.2, -0.15) is 0 Å². The zero-order chi connectivity index (χ0) is 18.1. The van der Waals surface area contributed by atoms with E-state index in [-0.39, 0.29) is 51.9 Å². The van der Waals surface area contributed by atoms with Crippen molar-refractivity contribution in [3.05, 3.63) is 70.3 Å². The first-order valence-electron chi connectivity index (χ1n) is 7.65. The number of carbonyl (C=O) groups excluding carboxylic acids is 3. The van der Waals surface area contributed by atoms with E-state index in [0.29, 0.717) is 11.8 Å². The van der Waals surface area contributed by atoms with Crippen LogP contribution >= 0.6 is 0 Å². The molecule has 0 saturated carbocycles. The number of ketones is 2. The molecule has 2 aromatic rings. The van der Waals surface area contributed by atoms with Crippen molar-refractivity contribution in [3.8, 4) is 11.5 Å². The third kappa shape index (κ3) is 2.63. The summed E-state index contributed by atoms with van der Waals surface area (Å²) in [6, 6.07) is 7.98. The van der Waals surface area contributed by atoms with E-state index in [1.165, 1.54) is 13.2 Å². The quantitative estimate of drug-likeness (QED) is 0.528. The number of rotatable bonds is 5. The van der Waals surface area contributed by atoms with Crippen LogP contribution < -0.4 is 9.47 Å². The number of hydrogen-bond acceptors (Lipinski definition) is 5. The number of hydrogen-bond donors (Lipinski definition) is 0. The van der Waals surface area contributed by atoms with E-state index < -0.39 is 0 Å². The highest BCUT2D eigenvalue weighted by atomic mass is 16.5. The van der Waals surface area contributed by atoms with Crippen molar-refractivity contribution in [2.24, 2.45) is 0 Å². The Morgan fingerprint density at radius 2 is 1.72 bits per heavy atom. The maximum atomic E-state index is 13.0. The molecule has 0 bridgehead atoms. The monoisotopic (exact) mass is 336 g/mol. The molecule has 0 heterocycles. The van der Waals surface area contributed by atoms with Crippen LogP contribution in [0.2, 0.25) is 0 Å². The van der Waals surface area contributed by atoms with Gasteiger partial charge < -0.3 is 9.47 Å². The van der Waals surface area contributed by atoms with Crippen LogP contribution in [0.5, 0.6) is 11.5 Å². The molecule has 0 radical (unpaired) electrons. The van der Waals surface area contributed by atoms with E-state index in [4.69, 9.17) is 9.47 Å². The third-order valence-electron chi connectivity index (χ3n) is 3.95. The summed E-state index contributed by atoms with van der Waals surface area (Å²) < 4.78 is 10.9. The highest BCUT2D eigenvalue weighted by Gasteiger charge is 2.36. The smallest absolute Gasteiger partial charge is 0.198 e. The number of benzene rings is 2. The molecule has 3 rings (SSSR count). The molecule has 0 atom stereocenters. The van der Waals surface area contributed by atoms with Gasteiger partial charge in [0, 0.05) is 11.1 Å². The van der Waals surface area contributed by atoms with E-state index in [1.54, 1.807) is 31.2 Å². The largest absolute Gasteiger partial charge is 0.495 e. The molecule has 0 aromatic heterocycles. The molecule has 0 N–H and O–H groups in total. The minimum Gasteiger partial charge on any atom is -0.495 e. The van der Waals surface area contributed by atoms with Gasteiger partial charge in [0.15, 0.2) is 17.9 Å². The van der Waals surface area contributed by atoms with Crippen LogP contribution in [-0.2, 0) is 0 Å². The Kier molecular flexibility index (Phi) is 4.23. The molecular formula is C20H16O5. The second-order valence-corrected chi connectivity index (χ2v) is 5.81. The van der Waals surface area contributed by atoms with Crippen molar-refractivity contribution < 1.29 is 23.9 Å². The van der Waals surface area contributed by atoms with Crippen molar-refractivity contribution in [1.82, 2.24) is 0 Å². The molecule has 25 heavy (non-hydrogen) atoms. The molecule has 0 spiro atoms. The Balaban J connectivity index is 2.32. The fraction of sp³-hybridized carbons (Fsp3) is 0.150. The Hall–Kier alpha value is -3.21. The molecule has 0 saturated heterocycles. The van der Waals surface area contributed by atoms with Crippen LogP contribution in [0.3, 0.4) is 0 Å². The highest BCUT2D eigenvalue weighted by molar-refractivity contribution is 6.30. The third-order valence-corrected chi connectivity index (χ3v) is 3.95. The van der Waals surface area contributed by atoms with Gasteiger partial charge >= 0.3 is 0 Å². The van der Waals surface area contributed by atoms with E-state index in [2.05, 4.69) is 6.58 Å². The van der Waals surface area contributed by atoms with Crippen LogP contribution in [0.4, 0.5) is 0 Å². The molecule has 0 aliphatic heterocycles. The summed E-state index contributed by atoms with van der Waals surface area (Å²) in [4.78, 5) is 37.4. The molecule has 1 aliphatic carbocycles. The number of methoxy groups -OCH3 is 1. The minimum atomic E-state index is -0.370. The Bertz CT molecular complexity index is 924. The van der Waals surface area contributed by atoms with Crippen LogP contribution in [0.1, 0.15) is 49.1 Å². The van der Waals surface area contributed by atoms with Crippen molar-refractivity contribution in [2.45, 2.75) is 6.92 Å². The summed E-state index contributed by atoms with van der Waals surface area (Å²) in [6.45, 7) is 5.70. The summed E-state index contributed by atoms with van der Waals surface area (Å²) >= 11 is 0. The van der Waals surface area contributed by atoms with Gasteiger partial charge in [0.1, 0.15) is 18.1 Å². The molecule has 5 heteroatoms. The van der Waals surface area contributed by atoms with Gasteiger partial charge in [-0.25, -0.2) is 0 Å². The number of carbonyl (C=O) groups is 3. The lowest BCUT2D eigenvalue weighted by molar-refractivity contribution is 0.0972. The van der Waals surface area contributed by atoms with E-state index in [0.717, 1.165) is 5.57 Å². The molecule has 1 aliphatic rings. The van der Waals surface area contributed by atoms with Gasteiger partial charge in [-0.3, -0.25) is 14.4 Å². The topological polar surface area (TPSA) is 69.7 Å². The summed E-state index contributed by atoms with van der Waals surface area (Å²) in [5.74, 6) is -0.446. The molecule has 126 valence electrons. The first-order valence-corrected chi connectivity index (χ1v) is 7.65. The fourth-order valence-electron chi connectivity index (χ4n) is 2.87. The first kappa shape index (κ1) is 16.6. The average molecular weight is 336 g/mol. The SMILES string of the molecule is C=C(C)COc1cc(C=O)c(OC)c2c1C(=O)c1ccccc1C2=O. The highest BCUT2D eigenvalue weighted by Crippen LogP contribution is 2.40. The predicted molar refractivity (Wildman–Crippen MR) is 92.0 cm³/mol. The Morgan fingerprint density at radius 1 is 1.12 bits per heavy atom. The van der Waals surface area contributed by atoms with Gasteiger partial charge in [-0.1, -0.05) is 30.8 Å². The van der Waals surface area contributed by atoms with E-state index in [9.17, 15) is 14.4 Å². The molecule has 5 nitrogen and oxygen atoms in total. The molecule has 0 unspecified atom stereocenters. The number of ether oxygens (including phenoxy) is 2. The second-order valence-electron chi connectivity index (χ2n) is 5.81. The van der Waals surface area contributed by atoms with Gasteiger partial charge in [-0.15, -0.1) is 0 Å². The van der Waals surface area contributed by atoms with E-state index >= 15 is 0 Å². The van der Waals surface area contributed by atoms with E-state index in [1.807, 2.05) is 0 Å².